The number of furan rings is 1. The van der Waals surface area contributed by atoms with Crippen LogP contribution in [0, 0.1) is 0 Å². The van der Waals surface area contributed by atoms with Crippen LogP contribution < -0.4 is 11.1 Å². The lowest BCUT2D eigenvalue weighted by atomic mass is 10.0. The molecular formula is C22H25N5O. The summed E-state index contributed by atoms with van der Waals surface area (Å²) in [6.45, 7) is 1.94. The second kappa shape index (κ2) is 8.17. The van der Waals surface area contributed by atoms with E-state index < -0.39 is 0 Å². The number of amidine groups is 1. The Morgan fingerprint density at radius 1 is 1.21 bits per heavy atom. The SMILES string of the molecule is CN=C(C=CN)N1CCC(Nc2ccc(-c3nccc4occc34)cc2)CC1. The number of piperidine rings is 1. The Morgan fingerprint density at radius 3 is 2.71 bits per heavy atom. The van der Waals surface area contributed by atoms with Crippen LogP contribution in [0.4, 0.5) is 5.69 Å². The molecule has 0 bridgehead atoms. The summed E-state index contributed by atoms with van der Waals surface area (Å²) in [7, 11) is 1.81. The molecule has 0 unspecified atom stereocenters. The van der Waals surface area contributed by atoms with E-state index in [2.05, 4.69) is 44.5 Å². The van der Waals surface area contributed by atoms with Crippen LogP contribution in [0.2, 0.25) is 0 Å². The molecule has 6 heteroatoms. The molecule has 1 saturated heterocycles. The minimum atomic E-state index is 0.456. The van der Waals surface area contributed by atoms with E-state index in [0.29, 0.717) is 6.04 Å². The van der Waals surface area contributed by atoms with Gasteiger partial charge in [0.1, 0.15) is 11.4 Å². The van der Waals surface area contributed by atoms with Gasteiger partial charge in [0.2, 0.25) is 0 Å². The number of likely N-dealkylation sites (tertiary alicyclic amines) is 1. The fourth-order valence-corrected chi connectivity index (χ4v) is 3.75. The highest BCUT2D eigenvalue weighted by molar-refractivity contribution is 5.93. The number of aromatic nitrogens is 1. The fraction of sp³-hybridized carbons (Fsp3) is 0.273. The molecule has 1 aromatic carbocycles. The number of hydrogen-bond donors (Lipinski definition) is 2. The van der Waals surface area contributed by atoms with Gasteiger partial charge < -0.3 is 20.4 Å². The van der Waals surface area contributed by atoms with Crippen molar-refractivity contribution < 1.29 is 4.42 Å². The number of rotatable bonds is 4. The molecule has 0 saturated carbocycles. The van der Waals surface area contributed by atoms with E-state index in [1.54, 1.807) is 25.7 Å². The van der Waals surface area contributed by atoms with Crippen LogP contribution in [0.15, 0.2) is 70.5 Å². The first-order valence-electron chi connectivity index (χ1n) is 9.57. The van der Waals surface area contributed by atoms with E-state index in [9.17, 15) is 0 Å². The number of nitrogens with zero attached hydrogens (tertiary/aromatic N) is 3. The molecule has 0 radical (unpaired) electrons. The van der Waals surface area contributed by atoms with Crippen molar-refractivity contribution in [3.05, 3.63) is 61.1 Å². The molecule has 0 atom stereocenters. The van der Waals surface area contributed by atoms with Gasteiger partial charge in [0.15, 0.2) is 0 Å². The lowest BCUT2D eigenvalue weighted by molar-refractivity contribution is 0.325. The summed E-state index contributed by atoms with van der Waals surface area (Å²) in [6.07, 6.45) is 9.03. The Bertz CT molecular complexity index is 982. The number of aliphatic imine (C=N–C) groups is 1. The normalized spacial score (nSPS) is 16.2. The number of pyridine rings is 1. The third-order valence-corrected chi connectivity index (χ3v) is 5.20. The van der Waals surface area contributed by atoms with Gasteiger partial charge in [0.25, 0.3) is 0 Å². The van der Waals surface area contributed by atoms with Crippen molar-refractivity contribution in [3.8, 4) is 11.3 Å². The number of hydrogen-bond acceptors (Lipinski definition) is 5. The molecule has 3 heterocycles. The fourth-order valence-electron chi connectivity index (χ4n) is 3.75. The third-order valence-electron chi connectivity index (χ3n) is 5.20. The standard InChI is InChI=1S/C22H25N5O/c1-24-21(6-11-23)27-13-8-18(9-14-27)26-17-4-2-16(3-5-17)22-19-10-15-28-20(19)7-12-25-22/h2-7,10-12,15,18,26H,8-9,13-14,23H2,1H3. The Kier molecular flexibility index (Phi) is 5.28. The maximum Gasteiger partial charge on any atom is 0.137 e. The molecule has 6 nitrogen and oxygen atoms in total. The minimum absolute atomic E-state index is 0.456. The minimum Gasteiger partial charge on any atom is -0.464 e. The topological polar surface area (TPSA) is 79.7 Å². The second-order valence-electron chi connectivity index (χ2n) is 6.92. The van der Waals surface area contributed by atoms with Crippen LogP contribution in [0.5, 0.6) is 0 Å². The summed E-state index contributed by atoms with van der Waals surface area (Å²) < 4.78 is 5.48. The van der Waals surface area contributed by atoms with Gasteiger partial charge in [-0.05, 0) is 49.4 Å². The average Bonchev–Trinajstić information content (AvgIpc) is 3.22. The molecule has 0 amide bonds. The molecule has 28 heavy (non-hydrogen) atoms. The highest BCUT2D eigenvalue weighted by Crippen LogP contribution is 2.28. The van der Waals surface area contributed by atoms with Crippen LogP contribution in [0.3, 0.4) is 0 Å². The first kappa shape index (κ1) is 18.1. The van der Waals surface area contributed by atoms with Crippen LogP contribution in [0.1, 0.15) is 12.8 Å². The van der Waals surface area contributed by atoms with Crippen molar-refractivity contribution >= 4 is 22.5 Å². The van der Waals surface area contributed by atoms with Gasteiger partial charge in [-0.1, -0.05) is 12.1 Å². The predicted octanol–water partition coefficient (Wildman–Crippen LogP) is 3.87. The quantitative estimate of drug-likeness (QED) is 0.534. The lowest BCUT2D eigenvalue weighted by Gasteiger charge is -2.34. The van der Waals surface area contributed by atoms with Crippen molar-refractivity contribution in [2.24, 2.45) is 10.7 Å². The summed E-state index contributed by atoms with van der Waals surface area (Å²) in [6, 6.07) is 12.8. The van der Waals surface area contributed by atoms with Gasteiger partial charge in [0.05, 0.1) is 12.0 Å². The van der Waals surface area contributed by atoms with Crippen LogP contribution in [-0.4, -0.2) is 41.9 Å². The third kappa shape index (κ3) is 3.71. The molecule has 0 aliphatic carbocycles. The Balaban J connectivity index is 1.40. The highest BCUT2D eigenvalue weighted by atomic mass is 16.3. The summed E-state index contributed by atoms with van der Waals surface area (Å²) >= 11 is 0. The lowest BCUT2D eigenvalue weighted by Crippen LogP contribution is -2.41. The van der Waals surface area contributed by atoms with Gasteiger partial charge in [-0.3, -0.25) is 9.98 Å². The van der Waals surface area contributed by atoms with Crippen molar-refractivity contribution in [3.63, 3.8) is 0 Å². The van der Waals surface area contributed by atoms with Crippen LogP contribution in [0.25, 0.3) is 22.2 Å². The van der Waals surface area contributed by atoms with Crippen molar-refractivity contribution in [1.82, 2.24) is 9.88 Å². The number of fused-ring (bicyclic) bond motifs is 1. The summed E-state index contributed by atoms with van der Waals surface area (Å²) in [5.74, 6) is 0.950. The van der Waals surface area contributed by atoms with Crippen molar-refractivity contribution in [2.45, 2.75) is 18.9 Å². The molecule has 144 valence electrons. The van der Waals surface area contributed by atoms with Gasteiger partial charge in [0, 0.05) is 49.0 Å². The van der Waals surface area contributed by atoms with E-state index in [1.165, 1.54) is 0 Å². The Morgan fingerprint density at radius 2 is 2.00 bits per heavy atom. The molecule has 4 rings (SSSR count). The molecule has 1 fully saturated rings. The Hall–Kier alpha value is -3.28. The van der Waals surface area contributed by atoms with E-state index in [0.717, 1.165) is 59.7 Å². The first-order valence-corrected chi connectivity index (χ1v) is 9.57. The van der Waals surface area contributed by atoms with Gasteiger partial charge >= 0.3 is 0 Å². The zero-order valence-corrected chi connectivity index (χ0v) is 16.0. The summed E-state index contributed by atoms with van der Waals surface area (Å²) in [5.41, 5.74) is 9.54. The largest absolute Gasteiger partial charge is 0.464 e. The van der Waals surface area contributed by atoms with Crippen LogP contribution >= 0.6 is 0 Å². The molecule has 3 aromatic rings. The van der Waals surface area contributed by atoms with Crippen molar-refractivity contribution in [2.75, 3.05) is 25.5 Å². The molecular weight excluding hydrogens is 350 g/mol. The maximum atomic E-state index is 5.51. The monoisotopic (exact) mass is 375 g/mol. The number of benzene rings is 1. The number of nitrogens with two attached hydrogens (primary N) is 1. The smallest absolute Gasteiger partial charge is 0.137 e. The zero-order chi connectivity index (χ0) is 19.3. The predicted molar refractivity (Wildman–Crippen MR) is 114 cm³/mol. The van der Waals surface area contributed by atoms with Crippen LogP contribution in [-0.2, 0) is 0 Å². The number of nitrogens with one attached hydrogen (secondary N) is 1. The summed E-state index contributed by atoms with van der Waals surface area (Å²) in [4.78, 5) is 11.1. The zero-order valence-electron chi connectivity index (χ0n) is 16.0. The Labute approximate surface area is 164 Å². The van der Waals surface area contributed by atoms with Gasteiger partial charge in [-0.2, -0.15) is 0 Å². The summed E-state index contributed by atoms with van der Waals surface area (Å²) in [5, 5.41) is 4.69. The van der Waals surface area contributed by atoms with Gasteiger partial charge in [-0.25, -0.2) is 0 Å². The highest BCUT2D eigenvalue weighted by Gasteiger charge is 2.20. The molecule has 1 aliphatic rings. The average molecular weight is 375 g/mol. The molecule has 0 spiro atoms. The van der Waals surface area contributed by atoms with E-state index in [1.807, 2.05) is 18.2 Å². The van der Waals surface area contributed by atoms with E-state index in [-0.39, 0.29) is 0 Å². The maximum absolute atomic E-state index is 5.51. The molecule has 3 N–H and O–H groups in total. The second-order valence-corrected chi connectivity index (χ2v) is 6.92. The van der Waals surface area contributed by atoms with Crippen molar-refractivity contribution in [1.29, 1.82) is 0 Å². The number of anilines is 1. The van der Waals surface area contributed by atoms with E-state index >= 15 is 0 Å². The van der Waals surface area contributed by atoms with Gasteiger partial charge in [-0.15, -0.1) is 0 Å². The van der Waals surface area contributed by atoms with E-state index in [4.69, 9.17) is 10.2 Å². The first-order chi connectivity index (χ1) is 13.8. The molecule has 2 aromatic heterocycles. The molecule has 1 aliphatic heterocycles.